The summed E-state index contributed by atoms with van der Waals surface area (Å²) in [6, 6.07) is 4.49. The molecule has 1 aliphatic carbocycles. The smallest absolute Gasteiger partial charge is 0.243 e. The maximum absolute atomic E-state index is 13.1. The highest BCUT2D eigenvalue weighted by Crippen LogP contribution is 2.37. The molecule has 1 saturated carbocycles. The summed E-state index contributed by atoms with van der Waals surface area (Å²) in [6.45, 7) is 2.86. The molecule has 2 fully saturated rings. The fourth-order valence-electron chi connectivity index (χ4n) is 4.83. The number of nitrogens with zero attached hydrogens (tertiary/aromatic N) is 3. The van der Waals surface area contributed by atoms with E-state index in [-0.39, 0.29) is 68.1 Å². The largest absolute Gasteiger partial charge is 0.486 e. The Balaban J connectivity index is 1.37. The van der Waals surface area contributed by atoms with E-state index in [0.29, 0.717) is 24.7 Å². The van der Waals surface area contributed by atoms with Crippen LogP contribution in [0, 0.1) is 27.9 Å². The third-order valence-electron chi connectivity index (χ3n) is 6.68. The number of carbonyl (C=O) groups is 2. The number of hydrogen-bond donors (Lipinski definition) is 0. The summed E-state index contributed by atoms with van der Waals surface area (Å²) < 4.78 is 38.4. The minimum absolute atomic E-state index is 0.0728. The number of fused-ring (bicyclic) bond motifs is 1. The first-order valence-corrected chi connectivity index (χ1v) is 12.4. The zero-order valence-corrected chi connectivity index (χ0v) is 19.2. The number of benzene rings is 1. The van der Waals surface area contributed by atoms with Crippen molar-refractivity contribution < 1.29 is 32.4 Å². The average molecular weight is 482 g/mol. The Morgan fingerprint density at radius 3 is 2.48 bits per heavy atom. The fraction of sp³-hybridized carbons (Fsp3) is 0.619. The average Bonchev–Trinajstić information content (AvgIpc) is 3.05. The Labute approximate surface area is 191 Å². The maximum Gasteiger partial charge on any atom is 0.243 e. The van der Waals surface area contributed by atoms with Crippen molar-refractivity contribution in [1.29, 1.82) is 0 Å². The van der Waals surface area contributed by atoms with E-state index in [4.69, 9.17) is 9.47 Å². The molecule has 1 saturated heterocycles. The zero-order chi connectivity index (χ0) is 23.8. The number of ether oxygens (including phenoxy) is 2. The van der Waals surface area contributed by atoms with Crippen LogP contribution in [0.3, 0.4) is 0 Å². The molecule has 0 unspecified atom stereocenters. The first-order chi connectivity index (χ1) is 15.7. The minimum atomic E-state index is -3.77. The van der Waals surface area contributed by atoms with Crippen molar-refractivity contribution in [1.82, 2.24) is 9.21 Å². The summed E-state index contributed by atoms with van der Waals surface area (Å²) >= 11 is 0. The lowest BCUT2D eigenvalue weighted by Crippen LogP contribution is -2.51. The van der Waals surface area contributed by atoms with E-state index in [1.54, 1.807) is 13.0 Å². The molecular formula is C21H27N3O8S. The number of carbonyl (C=O) groups excluding carboxylic acids is 2. The molecule has 3 atom stereocenters. The normalized spacial score (nSPS) is 25.8. The Hall–Kier alpha value is -2.73. The van der Waals surface area contributed by atoms with Crippen LogP contribution in [0.5, 0.6) is 11.5 Å². The van der Waals surface area contributed by atoms with E-state index >= 15 is 0 Å². The van der Waals surface area contributed by atoms with E-state index in [1.807, 2.05) is 0 Å². The SMILES string of the molecule is C[C@@H]1CC(=O)[C@H](CC(=O)N2CCN(S(=O)(=O)c3ccc4c(c3)OCCO4)CC2)[C@H]1C[N+](=O)[O-]. The number of hydrogen-bond acceptors (Lipinski definition) is 8. The van der Waals surface area contributed by atoms with Gasteiger partial charge in [-0.3, -0.25) is 19.7 Å². The van der Waals surface area contributed by atoms with Gasteiger partial charge < -0.3 is 14.4 Å². The van der Waals surface area contributed by atoms with Gasteiger partial charge in [-0.2, -0.15) is 4.31 Å². The van der Waals surface area contributed by atoms with Crippen molar-refractivity contribution in [3.63, 3.8) is 0 Å². The first kappa shape index (κ1) is 23.4. The van der Waals surface area contributed by atoms with Crippen molar-refractivity contribution in [2.24, 2.45) is 17.8 Å². The Morgan fingerprint density at radius 1 is 1.15 bits per heavy atom. The molecule has 4 rings (SSSR count). The lowest BCUT2D eigenvalue weighted by Gasteiger charge is -2.34. The summed E-state index contributed by atoms with van der Waals surface area (Å²) in [6.07, 6.45) is 0.175. The summed E-state index contributed by atoms with van der Waals surface area (Å²) in [5.74, 6) is -0.730. The van der Waals surface area contributed by atoms with Gasteiger partial charge in [-0.25, -0.2) is 8.42 Å². The highest BCUT2D eigenvalue weighted by molar-refractivity contribution is 7.89. The molecule has 0 aromatic heterocycles. The number of piperazine rings is 1. The van der Waals surface area contributed by atoms with Gasteiger partial charge in [0.1, 0.15) is 19.0 Å². The Kier molecular flexibility index (Phi) is 6.57. The van der Waals surface area contributed by atoms with Gasteiger partial charge in [-0.05, 0) is 18.1 Å². The molecule has 12 heteroatoms. The van der Waals surface area contributed by atoms with Crippen molar-refractivity contribution in [3.05, 3.63) is 28.3 Å². The van der Waals surface area contributed by atoms with Crippen molar-refractivity contribution in [2.75, 3.05) is 45.9 Å². The highest BCUT2D eigenvalue weighted by atomic mass is 32.2. The van der Waals surface area contributed by atoms with Crippen LogP contribution in [0.25, 0.3) is 0 Å². The molecule has 0 N–H and O–H groups in total. The number of amides is 1. The number of nitro groups is 1. The molecular weight excluding hydrogens is 454 g/mol. The topological polar surface area (TPSA) is 136 Å². The second-order valence-corrected chi connectivity index (χ2v) is 10.7. The number of ketones is 1. The molecule has 2 heterocycles. The van der Waals surface area contributed by atoms with Crippen molar-refractivity contribution in [3.8, 4) is 11.5 Å². The Morgan fingerprint density at radius 2 is 1.82 bits per heavy atom. The van der Waals surface area contributed by atoms with Gasteiger partial charge in [-0.15, -0.1) is 0 Å². The van der Waals surface area contributed by atoms with Crippen LogP contribution in [0.2, 0.25) is 0 Å². The molecule has 3 aliphatic rings. The zero-order valence-electron chi connectivity index (χ0n) is 18.3. The van der Waals surface area contributed by atoms with Gasteiger partial charge in [0, 0.05) is 61.8 Å². The predicted molar refractivity (Wildman–Crippen MR) is 115 cm³/mol. The number of sulfonamides is 1. The van der Waals surface area contributed by atoms with Gasteiger partial charge in [0.25, 0.3) is 0 Å². The molecule has 11 nitrogen and oxygen atoms in total. The molecule has 33 heavy (non-hydrogen) atoms. The summed E-state index contributed by atoms with van der Waals surface area (Å²) in [5.41, 5.74) is 0. The Bertz CT molecular complexity index is 1050. The lowest BCUT2D eigenvalue weighted by molar-refractivity contribution is -0.490. The van der Waals surface area contributed by atoms with Gasteiger partial charge in [-0.1, -0.05) is 6.92 Å². The second-order valence-electron chi connectivity index (χ2n) is 8.73. The second kappa shape index (κ2) is 9.26. The van der Waals surface area contributed by atoms with Crippen LogP contribution >= 0.6 is 0 Å². The van der Waals surface area contributed by atoms with Gasteiger partial charge in [0.2, 0.25) is 22.5 Å². The maximum atomic E-state index is 13.1. The molecule has 0 bridgehead atoms. The standard InChI is InChI=1S/C21H27N3O8S/c1-14-10-18(25)16(17(14)13-24(27)28)12-21(26)22-4-6-23(7-5-22)33(29,30)15-2-3-19-20(11-15)32-9-8-31-19/h2-3,11,14,16-17H,4-10,12-13H2,1H3/t14-,16-,17+/m1/s1. The molecule has 180 valence electrons. The van der Waals surface area contributed by atoms with E-state index in [0.717, 1.165) is 0 Å². The van der Waals surface area contributed by atoms with Gasteiger partial charge in [0.05, 0.1) is 4.90 Å². The molecule has 1 amide bonds. The predicted octanol–water partition coefficient (Wildman–Crippen LogP) is 0.799. The number of Topliss-reactive ketones (excluding diaryl/α,β-unsaturated/α-hetero) is 1. The fourth-order valence-corrected chi connectivity index (χ4v) is 6.27. The van der Waals surface area contributed by atoms with Crippen LogP contribution in [-0.4, -0.2) is 80.2 Å². The van der Waals surface area contributed by atoms with Gasteiger partial charge in [0.15, 0.2) is 11.5 Å². The van der Waals surface area contributed by atoms with Crippen LogP contribution in [0.1, 0.15) is 19.8 Å². The molecule has 0 radical (unpaired) electrons. The summed E-state index contributed by atoms with van der Waals surface area (Å²) in [4.78, 5) is 37.4. The van der Waals surface area contributed by atoms with Crippen molar-refractivity contribution in [2.45, 2.75) is 24.7 Å². The lowest BCUT2D eigenvalue weighted by atomic mass is 9.87. The van der Waals surface area contributed by atoms with Gasteiger partial charge >= 0.3 is 0 Å². The number of rotatable bonds is 6. The van der Waals surface area contributed by atoms with Crippen LogP contribution < -0.4 is 9.47 Å². The minimum Gasteiger partial charge on any atom is -0.486 e. The van der Waals surface area contributed by atoms with E-state index in [1.165, 1.54) is 21.3 Å². The quantitative estimate of drug-likeness (QED) is 0.430. The van der Waals surface area contributed by atoms with E-state index < -0.39 is 26.8 Å². The first-order valence-electron chi connectivity index (χ1n) is 11.0. The van der Waals surface area contributed by atoms with Crippen LogP contribution in [0.4, 0.5) is 0 Å². The van der Waals surface area contributed by atoms with E-state index in [9.17, 15) is 28.1 Å². The highest BCUT2D eigenvalue weighted by Gasteiger charge is 2.44. The summed E-state index contributed by atoms with van der Waals surface area (Å²) in [7, 11) is -3.77. The third kappa shape index (κ3) is 4.81. The monoisotopic (exact) mass is 481 g/mol. The summed E-state index contributed by atoms with van der Waals surface area (Å²) in [5, 5.41) is 11.0. The molecule has 0 spiro atoms. The van der Waals surface area contributed by atoms with Crippen LogP contribution in [-0.2, 0) is 19.6 Å². The third-order valence-corrected chi connectivity index (χ3v) is 8.58. The molecule has 2 aliphatic heterocycles. The molecule has 1 aromatic carbocycles. The van der Waals surface area contributed by atoms with Crippen LogP contribution in [0.15, 0.2) is 23.1 Å². The van der Waals surface area contributed by atoms with Crippen molar-refractivity contribution >= 4 is 21.7 Å². The van der Waals surface area contributed by atoms with E-state index in [2.05, 4.69) is 0 Å². The molecule has 1 aromatic rings.